The van der Waals surface area contributed by atoms with Crippen molar-refractivity contribution < 1.29 is 19.7 Å². The van der Waals surface area contributed by atoms with Gasteiger partial charge < -0.3 is 19.8 Å². The molecule has 5 heteroatoms. The Labute approximate surface area is 162 Å². The number of nitrogens with zero attached hydrogens (tertiary/aromatic N) is 1. The summed E-state index contributed by atoms with van der Waals surface area (Å²) in [7, 11) is 0. The van der Waals surface area contributed by atoms with E-state index in [0.29, 0.717) is 25.3 Å². The van der Waals surface area contributed by atoms with E-state index in [-0.39, 0.29) is 12.5 Å². The third-order valence-corrected chi connectivity index (χ3v) is 5.94. The number of hydrogen-bond donors (Lipinski definition) is 2. The van der Waals surface area contributed by atoms with Crippen LogP contribution in [0.25, 0.3) is 0 Å². The Morgan fingerprint density at radius 1 is 1.00 bits per heavy atom. The number of aryl methyl sites for hydroxylation is 1. The Bertz CT molecular complexity index is 600. The number of para-hydroxylation sites is 1. The molecule has 1 fully saturated rings. The maximum Gasteiger partial charge on any atom is 0.222 e. The first-order valence-electron chi connectivity index (χ1n) is 10.5. The number of aliphatic hydroxyl groups is 2. The number of ether oxygens (including phenoxy) is 1. The SMILES string of the molecule is O=C(CC1CCCC1)N1CCCCc2ccccc2OC[C@@H](O)[C@@H](O)CC1. The van der Waals surface area contributed by atoms with Crippen molar-refractivity contribution in [1.29, 1.82) is 0 Å². The largest absolute Gasteiger partial charge is 0.491 e. The Morgan fingerprint density at radius 3 is 2.59 bits per heavy atom. The van der Waals surface area contributed by atoms with Gasteiger partial charge in [-0.25, -0.2) is 0 Å². The lowest BCUT2D eigenvalue weighted by atomic mass is 10.0. The van der Waals surface area contributed by atoms with Crippen LogP contribution in [0.4, 0.5) is 0 Å². The van der Waals surface area contributed by atoms with Crippen LogP contribution in [0.5, 0.6) is 5.75 Å². The molecule has 0 spiro atoms. The van der Waals surface area contributed by atoms with Gasteiger partial charge in [-0.15, -0.1) is 0 Å². The lowest BCUT2D eigenvalue weighted by Gasteiger charge is -2.26. The van der Waals surface area contributed by atoms with Crippen LogP contribution in [0, 0.1) is 5.92 Å². The number of fused-ring (bicyclic) bond motifs is 1. The lowest BCUT2D eigenvalue weighted by molar-refractivity contribution is -0.132. The molecule has 2 N–H and O–H groups in total. The monoisotopic (exact) mass is 375 g/mol. The highest BCUT2D eigenvalue weighted by Gasteiger charge is 2.24. The fourth-order valence-corrected chi connectivity index (χ4v) is 4.19. The van der Waals surface area contributed by atoms with Gasteiger partial charge in [-0.1, -0.05) is 31.0 Å². The Kier molecular flexibility index (Phi) is 7.53. The maximum atomic E-state index is 12.8. The molecule has 1 aliphatic heterocycles. The summed E-state index contributed by atoms with van der Waals surface area (Å²) in [6, 6.07) is 7.86. The first-order valence-corrected chi connectivity index (χ1v) is 10.5. The highest BCUT2D eigenvalue weighted by molar-refractivity contribution is 5.76. The van der Waals surface area contributed by atoms with Crippen LogP contribution in [0.15, 0.2) is 24.3 Å². The predicted molar refractivity (Wildman–Crippen MR) is 105 cm³/mol. The van der Waals surface area contributed by atoms with Crippen molar-refractivity contribution in [1.82, 2.24) is 4.90 Å². The van der Waals surface area contributed by atoms with Crippen molar-refractivity contribution in [3.05, 3.63) is 29.8 Å². The standard InChI is InChI=1S/C22H33NO4/c24-19-12-14-23(22(26)15-17-7-1-2-8-17)13-6-5-10-18-9-3-4-11-21(18)27-16-20(19)25/h3-4,9,11,17,19-20,24-25H,1-2,5-8,10,12-16H2/t19-,20+/m0/s1. The number of aliphatic hydroxyl groups excluding tert-OH is 2. The van der Waals surface area contributed by atoms with E-state index < -0.39 is 12.2 Å². The molecule has 1 amide bonds. The molecule has 0 aromatic heterocycles. The third-order valence-electron chi connectivity index (χ3n) is 5.94. The first-order chi connectivity index (χ1) is 13.1. The molecule has 150 valence electrons. The summed E-state index contributed by atoms with van der Waals surface area (Å²) in [4.78, 5) is 14.7. The number of rotatable bonds is 2. The fourth-order valence-electron chi connectivity index (χ4n) is 4.19. The minimum atomic E-state index is -0.953. The quantitative estimate of drug-likeness (QED) is 0.834. The molecule has 1 heterocycles. The number of hydrogen-bond acceptors (Lipinski definition) is 4. The van der Waals surface area contributed by atoms with Crippen LogP contribution in [0.3, 0.4) is 0 Å². The van der Waals surface area contributed by atoms with Crippen molar-refractivity contribution >= 4 is 5.91 Å². The number of benzene rings is 1. The molecule has 0 radical (unpaired) electrons. The van der Waals surface area contributed by atoms with E-state index in [2.05, 4.69) is 0 Å². The van der Waals surface area contributed by atoms with Gasteiger partial charge in [-0.2, -0.15) is 0 Å². The molecule has 1 saturated carbocycles. The van der Waals surface area contributed by atoms with Gasteiger partial charge in [0, 0.05) is 19.5 Å². The van der Waals surface area contributed by atoms with Gasteiger partial charge in [0.15, 0.2) is 0 Å². The lowest BCUT2D eigenvalue weighted by Crippen LogP contribution is -2.39. The Morgan fingerprint density at radius 2 is 1.78 bits per heavy atom. The molecule has 0 bridgehead atoms. The van der Waals surface area contributed by atoms with Gasteiger partial charge in [-0.3, -0.25) is 4.79 Å². The van der Waals surface area contributed by atoms with Crippen LogP contribution < -0.4 is 4.74 Å². The van der Waals surface area contributed by atoms with E-state index in [4.69, 9.17) is 4.74 Å². The minimum absolute atomic E-state index is 0.0637. The molecule has 2 atom stereocenters. The second kappa shape index (κ2) is 10.1. The van der Waals surface area contributed by atoms with E-state index in [1.807, 2.05) is 29.2 Å². The fraction of sp³-hybridized carbons (Fsp3) is 0.682. The van der Waals surface area contributed by atoms with E-state index in [1.165, 1.54) is 12.8 Å². The average molecular weight is 376 g/mol. The molecule has 1 aromatic carbocycles. The van der Waals surface area contributed by atoms with Crippen molar-refractivity contribution in [3.63, 3.8) is 0 Å². The summed E-state index contributed by atoms with van der Waals surface area (Å²) in [6.45, 7) is 1.28. The van der Waals surface area contributed by atoms with Crippen LogP contribution >= 0.6 is 0 Å². The van der Waals surface area contributed by atoms with Crippen LogP contribution in [-0.2, 0) is 11.2 Å². The van der Waals surface area contributed by atoms with Gasteiger partial charge in [0.1, 0.15) is 18.5 Å². The molecule has 1 aliphatic carbocycles. The van der Waals surface area contributed by atoms with Gasteiger partial charge in [0.05, 0.1) is 6.10 Å². The van der Waals surface area contributed by atoms with Gasteiger partial charge >= 0.3 is 0 Å². The van der Waals surface area contributed by atoms with Gasteiger partial charge in [0.2, 0.25) is 5.91 Å². The van der Waals surface area contributed by atoms with Crippen molar-refractivity contribution in [2.75, 3.05) is 19.7 Å². The minimum Gasteiger partial charge on any atom is -0.491 e. The van der Waals surface area contributed by atoms with Crippen molar-refractivity contribution in [2.45, 2.75) is 70.0 Å². The molecule has 0 saturated heterocycles. The smallest absolute Gasteiger partial charge is 0.222 e. The molecular formula is C22H33NO4. The van der Waals surface area contributed by atoms with E-state index in [9.17, 15) is 15.0 Å². The molecule has 1 aromatic rings. The summed E-state index contributed by atoms with van der Waals surface area (Å²) < 4.78 is 5.76. The highest BCUT2D eigenvalue weighted by atomic mass is 16.5. The molecule has 2 aliphatic rings. The Balaban J connectivity index is 1.64. The number of carbonyl (C=O) groups excluding carboxylic acids is 1. The van der Waals surface area contributed by atoms with Crippen molar-refractivity contribution in [2.24, 2.45) is 5.92 Å². The topological polar surface area (TPSA) is 70.0 Å². The van der Waals surface area contributed by atoms with Gasteiger partial charge in [-0.05, 0) is 56.1 Å². The summed E-state index contributed by atoms with van der Waals surface area (Å²) in [5.74, 6) is 1.50. The summed E-state index contributed by atoms with van der Waals surface area (Å²) in [5, 5.41) is 20.5. The number of carbonyl (C=O) groups is 1. The van der Waals surface area contributed by atoms with Crippen LogP contribution in [-0.4, -0.2) is 52.9 Å². The zero-order valence-corrected chi connectivity index (χ0v) is 16.2. The highest BCUT2D eigenvalue weighted by Crippen LogP contribution is 2.28. The van der Waals surface area contributed by atoms with E-state index in [0.717, 1.165) is 50.0 Å². The molecule has 0 unspecified atom stereocenters. The summed E-state index contributed by atoms with van der Waals surface area (Å²) in [6.07, 6.45) is 6.77. The third kappa shape index (κ3) is 5.94. The summed E-state index contributed by atoms with van der Waals surface area (Å²) >= 11 is 0. The van der Waals surface area contributed by atoms with E-state index in [1.54, 1.807) is 0 Å². The second-order valence-electron chi connectivity index (χ2n) is 8.03. The summed E-state index contributed by atoms with van der Waals surface area (Å²) in [5.41, 5.74) is 1.11. The van der Waals surface area contributed by atoms with Gasteiger partial charge in [0.25, 0.3) is 0 Å². The molecular weight excluding hydrogens is 342 g/mol. The molecule has 5 nitrogen and oxygen atoms in total. The molecule has 3 rings (SSSR count). The van der Waals surface area contributed by atoms with Crippen molar-refractivity contribution in [3.8, 4) is 5.75 Å². The Hall–Kier alpha value is -1.59. The maximum absolute atomic E-state index is 12.8. The number of amides is 1. The van der Waals surface area contributed by atoms with Crippen LogP contribution in [0.2, 0.25) is 0 Å². The van der Waals surface area contributed by atoms with E-state index >= 15 is 0 Å². The predicted octanol–water partition coefficient (Wildman–Crippen LogP) is 2.92. The normalized spacial score (nSPS) is 25.6. The first kappa shape index (κ1) is 20.2. The zero-order chi connectivity index (χ0) is 19.1. The zero-order valence-electron chi connectivity index (χ0n) is 16.2. The second-order valence-corrected chi connectivity index (χ2v) is 8.03. The van der Waals surface area contributed by atoms with Crippen LogP contribution in [0.1, 0.15) is 56.9 Å². The molecule has 27 heavy (non-hydrogen) atoms. The average Bonchev–Trinajstić information content (AvgIpc) is 3.18.